The molecule has 20 heavy (non-hydrogen) atoms. The number of halogens is 1. The summed E-state index contributed by atoms with van der Waals surface area (Å²) >= 11 is 0. The number of nitrogens with zero attached hydrogens (tertiary/aromatic N) is 2. The molecular weight excluding hydrogens is 253 g/mol. The highest BCUT2D eigenvalue weighted by Crippen LogP contribution is 2.22. The topological polar surface area (TPSA) is 28.2 Å². The van der Waals surface area contributed by atoms with Gasteiger partial charge >= 0.3 is 0 Å². The average Bonchev–Trinajstić information content (AvgIpc) is 2.51. The molecule has 4 heteroatoms. The summed E-state index contributed by atoms with van der Waals surface area (Å²) in [6.07, 6.45) is 4.17. The van der Waals surface area contributed by atoms with E-state index in [0.29, 0.717) is 11.4 Å². The van der Waals surface area contributed by atoms with Crippen LogP contribution in [0.5, 0.6) is 0 Å². The lowest BCUT2D eigenvalue weighted by Crippen LogP contribution is -2.43. The number of likely N-dealkylation sites (N-methyl/N-ethyl adjacent to an activating group) is 1. The number of fused-ring (bicyclic) bond motifs is 1. The monoisotopic (exact) mass is 273 g/mol. The van der Waals surface area contributed by atoms with Crippen molar-refractivity contribution < 1.29 is 4.39 Å². The van der Waals surface area contributed by atoms with Crippen LogP contribution < -0.4 is 5.32 Å². The summed E-state index contributed by atoms with van der Waals surface area (Å²) in [6, 6.07) is 7.53. The highest BCUT2D eigenvalue weighted by Gasteiger charge is 2.18. The number of hydrogen-bond acceptors (Lipinski definition) is 3. The van der Waals surface area contributed by atoms with Crippen molar-refractivity contribution in [1.29, 1.82) is 0 Å². The fourth-order valence-corrected chi connectivity index (χ4v) is 2.93. The molecule has 3 nitrogen and oxygen atoms in total. The second-order valence-corrected chi connectivity index (χ2v) is 5.52. The molecule has 0 saturated carbocycles. The Balaban J connectivity index is 1.85. The maximum atomic E-state index is 13.8. The van der Waals surface area contributed by atoms with Crippen LogP contribution in [0.1, 0.15) is 18.4 Å². The van der Waals surface area contributed by atoms with Crippen molar-refractivity contribution in [3.8, 4) is 0 Å². The molecule has 1 atom stereocenters. The van der Waals surface area contributed by atoms with Gasteiger partial charge in [-0.1, -0.05) is 6.07 Å². The second-order valence-electron chi connectivity index (χ2n) is 5.52. The van der Waals surface area contributed by atoms with Crippen LogP contribution in [0.15, 0.2) is 30.5 Å². The van der Waals surface area contributed by atoms with Gasteiger partial charge in [0.1, 0.15) is 5.82 Å². The van der Waals surface area contributed by atoms with E-state index in [0.717, 1.165) is 30.7 Å². The summed E-state index contributed by atoms with van der Waals surface area (Å²) in [4.78, 5) is 6.70. The first-order valence-corrected chi connectivity index (χ1v) is 7.19. The fraction of sp³-hybridized carbons (Fsp3) is 0.438. The predicted octanol–water partition coefficient (Wildman–Crippen LogP) is 2.56. The van der Waals surface area contributed by atoms with Crippen LogP contribution in [-0.2, 0) is 6.54 Å². The van der Waals surface area contributed by atoms with E-state index in [2.05, 4.69) is 22.2 Å². The number of benzene rings is 1. The number of rotatable bonds is 3. The first kappa shape index (κ1) is 13.5. The average molecular weight is 273 g/mol. The number of aromatic nitrogens is 1. The molecule has 0 radical (unpaired) electrons. The number of hydrogen-bond donors (Lipinski definition) is 1. The van der Waals surface area contributed by atoms with Crippen LogP contribution in [0.25, 0.3) is 10.9 Å². The van der Waals surface area contributed by atoms with Gasteiger partial charge in [0.15, 0.2) is 0 Å². The van der Waals surface area contributed by atoms with Crippen LogP contribution in [0.4, 0.5) is 4.39 Å². The third-order valence-electron chi connectivity index (χ3n) is 4.11. The van der Waals surface area contributed by atoms with Crippen molar-refractivity contribution in [2.75, 3.05) is 20.1 Å². The summed E-state index contributed by atoms with van der Waals surface area (Å²) in [5.74, 6) is -0.196. The molecule has 1 N–H and O–H groups in total. The Labute approximate surface area is 118 Å². The van der Waals surface area contributed by atoms with Gasteiger partial charge in [0.05, 0.1) is 5.52 Å². The molecule has 2 aromatic rings. The molecule has 106 valence electrons. The SMILES string of the molecule is CN(Cc1ccc(F)c2cccnc12)C1CCCNC1. The lowest BCUT2D eigenvalue weighted by atomic mass is 10.0. The number of pyridine rings is 1. The molecule has 1 aromatic carbocycles. The Morgan fingerprint density at radius 3 is 3.10 bits per heavy atom. The molecule has 1 aliphatic heterocycles. The van der Waals surface area contributed by atoms with E-state index in [4.69, 9.17) is 0 Å². The minimum absolute atomic E-state index is 0.196. The minimum Gasteiger partial charge on any atom is -0.315 e. The molecule has 1 saturated heterocycles. The van der Waals surface area contributed by atoms with Gasteiger partial charge in [0, 0.05) is 30.7 Å². The molecule has 0 amide bonds. The second kappa shape index (κ2) is 5.85. The van der Waals surface area contributed by atoms with Crippen molar-refractivity contribution in [2.45, 2.75) is 25.4 Å². The zero-order valence-electron chi connectivity index (χ0n) is 11.8. The molecule has 0 spiro atoms. The largest absolute Gasteiger partial charge is 0.315 e. The van der Waals surface area contributed by atoms with E-state index in [-0.39, 0.29) is 5.82 Å². The molecule has 1 unspecified atom stereocenters. The summed E-state index contributed by atoms with van der Waals surface area (Å²) in [5, 5.41) is 4.04. The molecule has 3 rings (SSSR count). The van der Waals surface area contributed by atoms with Gasteiger partial charge in [-0.15, -0.1) is 0 Å². The van der Waals surface area contributed by atoms with E-state index >= 15 is 0 Å². The zero-order valence-corrected chi connectivity index (χ0v) is 11.8. The molecule has 1 fully saturated rings. The van der Waals surface area contributed by atoms with Gasteiger partial charge < -0.3 is 5.32 Å². The Morgan fingerprint density at radius 1 is 1.40 bits per heavy atom. The third kappa shape index (κ3) is 2.67. The first-order chi connectivity index (χ1) is 9.75. The molecule has 2 heterocycles. The van der Waals surface area contributed by atoms with Crippen molar-refractivity contribution in [3.05, 3.63) is 41.8 Å². The lowest BCUT2D eigenvalue weighted by molar-refractivity contribution is 0.196. The van der Waals surface area contributed by atoms with Gasteiger partial charge in [-0.05, 0) is 50.2 Å². The van der Waals surface area contributed by atoms with Crippen LogP contribution in [0, 0.1) is 5.82 Å². The van der Waals surface area contributed by atoms with Crippen molar-refractivity contribution in [1.82, 2.24) is 15.2 Å². The van der Waals surface area contributed by atoms with E-state index in [1.54, 1.807) is 24.4 Å². The van der Waals surface area contributed by atoms with Gasteiger partial charge in [-0.25, -0.2) is 4.39 Å². The van der Waals surface area contributed by atoms with Crippen molar-refractivity contribution >= 4 is 10.9 Å². The van der Waals surface area contributed by atoms with E-state index < -0.39 is 0 Å². The van der Waals surface area contributed by atoms with Gasteiger partial charge in [0.25, 0.3) is 0 Å². The van der Waals surface area contributed by atoms with Gasteiger partial charge in [0.2, 0.25) is 0 Å². The van der Waals surface area contributed by atoms with Crippen molar-refractivity contribution in [3.63, 3.8) is 0 Å². The minimum atomic E-state index is -0.196. The molecule has 0 bridgehead atoms. The number of piperidine rings is 1. The maximum Gasteiger partial charge on any atom is 0.132 e. The van der Waals surface area contributed by atoms with Crippen LogP contribution in [-0.4, -0.2) is 36.1 Å². The Hall–Kier alpha value is -1.52. The summed E-state index contributed by atoms with van der Waals surface area (Å²) in [5.41, 5.74) is 1.87. The Morgan fingerprint density at radius 2 is 2.30 bits per heavy atom. The first-order valence-electron chi connectivity index (χ1n) is 7.19. The quantitative estimate of drug-likeness (QED) is 0.931. The summed E-state index contributed by atoms with van der Waals surface area (Å²) in [6.45, 7) is 2.95. The lowest BCUT2D eigenvalue weighted by Gasteiger charge is -2.31. The summed E-state index contributed by atoms with van der Waals surface area (Å²) in [7, 11) is 2.13. The summed E-state index contributed by atoms with van der Waals surface area (Å²) < 4.78 is 13.8. The van der Waals surface area contributed by atoms with E-state index in [1.807, 2.05) is 6.07 Å². The normalized spacial score (nSPS) is 19.6. The van der Waals surface area contributed by atoms with Crippen LogP contribution >= 0.6 is 0 Å². The standard InChI is InChI=1S/C16H20FN3/c1-20(13-4-2-8-18-10-13)11-12-6-7-15(17)14-5-3-9-19-16(12)14/h3,5-7,9,13,18H,2,4,8,10-11H2,1H3. The Bertz CT molecular complexity index is 593. The predicted molar refractivity (Wildman–Crippen MR) is 79.1 cm³/mol. The fourth-order valence-electron chi connectivity index (χ4n) is 2.93. The molecule has 0 aliphatic carbocycles. The van der Waals surface area contributed by atoms with Gasteiger partial charge in [-0.3, -0.25) is 9.88 Å². The highest BCUT2D eigenvalue weighted by atomic mass is 19.1. The van der Waals surface area contributed by atoms with Crippen LogP contribution in [0.3, 0.4) is 0 Å². The smallest absolute Gasteiger partial charge is 0.132 e. The van der Waals surface area contributed by atoms with E-state index in [1.165, 1.54) is 12.8 Å². The Kier molecular flexibility index (Phi) is 3.94. The van der Waals surface area contributed by atoms with E-state index in [9.17, 15) is 4.39 Å². The van der Waals surface area contributed by atoms with Gasteiger partial charge in [-0.2, -0.15) is 0 Å². The molecule has 1 aromatic heterocycles. The molecule has 1 aliphatic rings. The number of nitrogens with one attached hydrogen (secondary N) is 1. The van der Waals surface area contributed by atoms with Crippen molar-refractivity contribution in [2.24, 2.45) is 0 Å². The van der Waals surface area contributed by atoms with Crippen LogP contribution in [0.2, 0.25) is 0 Å². The maximum absolute atomic E-state index is 13.8. The molecular formula is C16H20FN3. The third-order valence-corrected chi connectivity index (χ3v) is 4.11. The highest BCUT2D eigenvalue weighted by molar-refractivity contribution is 5.82. The zero-order chi connectivity index (χ0) is 13.9.